The third-order valence-electron chi connectivity index (χ3n) is 3.17. The quantitative estimate of drug-likeness (QED) is 0.464. The second kappa shape index (κ2) is 7.69. The third kappa shape index (κ3) is 3.70. The van der Waals surface area contributed by atoms with Crippen LogP contribution >= 0.6 is 0 Å². The van der Waals surface area contributed by atoms with Gasteiger partial charge < -0.3 is 15.5 Å². The minimum Gasteiger partial charge on any atom is -0.393 e. The van der Waals surface area contributed by atoms with Crippen molar-refractivity contribution in [2.45, 2.75) is 0 Å². The van der Waals surface area contributed by atoms with Crippen LogP contribution in [0.25, 0.3) is 16.8 Å². The van der Waals surface area contributed by atoms with E-state index in [0.717, 1.165) is 11.1 Å². The Morgan fingerprint density at radius 1 is 1.26 bits per heavy atom. The van der Waals surface area contributed by atoms with Gasteiger partial charge in [0.05, 0.1) is 5.69 Å². The first-order valence-corrected chi connectivity index (χ1v) is 6.89. The van der Waals surface area contributed by atoms with Gasteiger partial charge in [-0.15, -0.1) is 15.1 Å². The van der Waals surface area contributed by atoms with Crippen LogP contribution < -0.4 is 15.5 Å². The van der Waals surface area contributed by atoms with Gasteiger partial charge in [0.2, 0.25) is 0 Å². The average Bonchev–Trinajstić information content (AvgIpc) is 2.60. The summed E-state index contributed by atoms with van der Waals surface area (Å²) in [5, 5.41) is 16.5. The number of nitrogens with one attached hydrogen (secondary N) is 2. The van der Waals surface area contributed by atoms with Crippen LogP contribution in [0, 0.1) is 4.91 Å². The molecule has 0 saturated carbocycles. The van der Waals surface area contributed by atoms with Crippen LogP contribution in [-0.2, 0) is 0 Å². The van der Waals surface area contributed by atoms with Gasteiger partial charge >= 0.3 is 0 Å². The lowest BCUT2D eigenvalue weighted by atomic mass is 10.0. The molecule has 1 aromatic heterocycles. The lowest BCUT2D eigenvalue weighted by Crippen LogP contribution is -1.98. The predicted molar refractivity (Wildman–Crippen MR) is 90.7 cm³/mol. The van der Waals surface area contributed by atoms with E-state index in [1.807, 2.05) is 6.07 Å². The van der Waals surface area contributed by atoms with E-state index in [1.54, 1.807) is 50.6 Å². The van der Waals surface area contributed by atoms with Crippen molar-refractivity contribution >= 4 is 11.4 Å². The first-order chi connectivity index (χ1) is 11.2. The monoisotopic (exact) mass is 311 g/mol. The molecule has 0 radical (unpaired) electrons. The zero-order valence-electron chi connectivity index (χ0n) is 12.9. The second-order valence-electron chi connectivity index (χ2n) is 4.52. The molecule has 2 N–H and O–H groups in total. The molecule has 0 saturated heterocycles. The number of hydrogen-bond donors (Lipinski definition) is 2. The van der Waals surface area contributed by atoms with E-state index in [0.29, 0.717) is 22.8 Å². The van der Waals surface area contributed by atoms with Crippen molar-refractivity contribution in [1.82, 2.24) is 15.5 Å². The SMILES string of the molecule is C=C/C(=C\NC)c1ccc(-c2ccc(NC)nn2)c(ON=O)c1. The molecule has 7 nitrogen and oxygen atoms in total. The highest BCUT2D eigenvalue weighted by molar-refractivity contribution is 5.78. The molecule has 0 amide bonds. The van der Waals surface area contributed by atoms with Crippen molar-refractivity contribution in [2.24, 2.45) is 5.34 Å². The fourth-order valence-electron chi connectivity index (χ4n) is 2.05. The molecular formula is C16H17N5O2. The first-order valence-electron chi connectivity index (χ1n) is 6.89. The number of rotatable bonds is 7. The van der Waals surface area contributed by atoms with Crippen LogP contribution in [0.4, 0.5) is 5.82 Å². The minimum absolute atomic E-state index is 0.299. The molecule has 1 aromatic carbocycles. The van der Waals surface area contributed by atoms with Crippen molar-refractivity contribution < 1.29 is 4.84 Å². The highest BCUT2D eigenvalue weighted by Gasteiger charge is 2.12. The summed E-state index contributed by atoms with van der Waals surface area (Å²) in [6, 6.07) is 8.94. The normalized spacial score (nSPS) is 10.8. The second-order valence-corrected chi connectivity index (χ2v) is 4.52. The van der Waals surface area contributed by atoms with Crippen molar-refractivity contribution in [3.8, 4) is 17.0 Å². The lowest BCUT2D eigenvalue weighted by Gasteiger charge is -2.09. The fraction of sp³-hybridized carbons (Fsp3) is 0.125. The van der Waals surface area contributed by atoms with Crippen LogP contribution in [-0.4, -0.2) is 24.3 Å². The number of hydrogen-bond acceptors (Lipinski definition) is 7. The van der Waals surface area contributed by atoms with Gasteiger partial charge in [-0.25, -0.2) is 0 Å². The first kappa shape index (κ1) is 16.2. The summed E-state index contributed by atoms with van der Waals surface area (Å²) >= 11 is 0. The molecule has 0 atom stereocenters. The van der Waals surface area contributed by atoms with Gasteiger partial charge in [0.1, 0.15) is 5.82 Å². The van der Waals surface area contributed by atoms with E-state index in [4.69, 9.17) is 4.84 Å². The van der Waals surface area contributed by atoms with Crippen LogP contribution in [0.1, 0.15) is 5.56 Å². The Hall–Kier alpha value is -3.22. The van der Waals surface area contributed by atoms with Crippen molar-refractivity contribution in [3.63, 3.8) is 0 Å². The Bertz CT molecular complexity index is 726. The summed E-state index contributed by atoms with van der Waals surface area (Å²) in [7, 11) is 3.55. The Kier molecular flexibility index (Phi) is 5.40. The van der Waals surface area contributed by atoms with Gasteiger partial charge in [0.15, 0.2) is 11.1 Å². The highest BCUT2D eigenvalue weighted by atomic mass is 16.7. The Labute approximate surface area is 134 Å². The molecule has 0 aliphatic carbocycles. The highest BCUT2D eigenvalue weighted by Crippen LogP contribution is 2.32. The number of nitrogens with zero attached hydrogens (tertiary/aromatic N) is 3. The van der Waals surface area contributed by atoms with Crippen molar-refractivity contribution in [2.75, 3.05) is 19.4 Å². The summed E-state index contributed by atoms with van der Waals surface area (Å²) < 4.78 is 0. The van der Waals surface area contributed by atoms with E-state index < -0.39 is 0 Å². The van der Waals surface area contributed by atoms with Crippen molar-refractivity contribution in [3.05, 3.63) is 59.7 Å². The van der Waals surface area contributed by atoms with Crippen LogP contribution in [0.5, 0.6) is 5.75 Å². The molecule has 0 unspecified atom stereocenters. The molecule has 118 valence electrons. The maximum Gasteiger partial charge on any atom is 0.171 e. The fourth-order valence-corrected chi connectivity index (χ4v) is 2.05. The molecule has 0 fully saturated rings. The molecule has 7 heteroatoms. The summed E-state index contributed by atoms with van der Waals surface area (Å²) in [4.78, 5) is 15.4. The number of benzene rings is 1. The summed E-state index contributed by atoms with van der Waals surface area (Å²) in [6.45, 7) is 3.77. The Balaban J connectivity index is 2.49. The van der Waals surface area contributed by atoms with Crippen molar-refractivity contribution in [1.29, 1.82) is 0 Å². The van der Waals surface area contributed by atoms with E-state index in [2.05, 4.69) is 32.8 Å². The maximum absolute atomic E-state index is 10.6. The Morgan fingerprint density at radius 2 is 2.09 bits per heavy atom. The minimum atomic E-state index is 0.299. The van der Waals surface area contributed by atoms with Gasteiger partial charge in [-0.2, -0.15) is 0 Å². The zero-order valence-corrected chi connectivity index (χ0v) is 12.9. The van der Waals surface area contributed by atoms with Gasteiger partial charge in [0.25, 0.3) is 0 Å². The molecule has 0 aliphatic heterocycles. The maximum atomic E-state index is 10.6. The third-order valence-corrected chi connectivity index (χ3v) is 3.17. The standard InChI is InChI=1S/C16H17N5O2/c1-4-11(10-17-2)12-5-6-13(15(9-12)23-21-22)14-7-8-16(18-3)20-19-14/h4-10,17H,1H2,2-3H3,(H,18,20)/b11-10+. The summed E-state index contributed by atoms with van der Waals surface area (Å²) in [5.74, 6) is 0.945. The summed E-state index contributed by atoms with van der Waals surface area (Å²) in [5.41, 5.74) is 2.88. The number of aromatic nitrogens is 2. The number of anilines is 1. The topological polar surface area (TPSA) is 88.5 Å². The molecule has 0 spiro atoms. The molecular weight excluding hydrogens is 294 g/mol. The molecule has 2 aromatic rings. The van der Waals surface area contributed by atoms with Crippen LogP contribution in [0.2, 0.25) is 0 Å². The predicted octanol–water partition coefficient (Wildman–Crippen LogP) is 2.99. The molecule has 0 aliphatic rings. The van der Waals surface area contributed by atoms with Gasteiger partial charge in [-0.3, -0.25) is 0 Å². The van der Waals surface area contributed by atoms with Gasteiger partial charge in [-0.05, 0) is 35.4 Å². The smallest absolute Gasteiger partial charge is 0.171 e. The van der Waals surface area contributed by atoms with E-state index in [1.165, 1.54) is 0 Å². The van der Waals surface area contributed by atoms with Gasteiger partial charge in [0, 0.05) is 25.9 Å². The molecule has 1 heterocycles. The number of allylic oxidation sites excluding steroid dienone is 2. The van der Waals surface area contributed by atoms with E-state index in [-0.39, 0.29) is 0 Å². The molecule has 0 bridgehead atoms. The lowest BCUT2D eigenvalue weighted by molar-refractivity contribution is 0.336. The van der Waals surface area contributed by atoms with Gasteiger partial charge in [-0.1, -0.05) is 18.7 Å². The Morgan fingerprint density at radius 3 is 2.65 bits per heavy atom. The summed E-state index contributed by atoms with van der Waals surface area (Å²) in [6.07, 6.45) is 3.49. The largest absolute Gasteiger partial charge is 0.393 e. The van der Waals surface area contributed by atoms with E-state index in [9.17, 15) is 4.91 Å². The molecule has 23 heavy (non-hydrogen) atoms. The zero-order chi connectivity index (χ0) is 16.7. The average molecular weight is 311 g/mol. The van der Waals surface area contributed by atoms with Crippen LogP contribution in [0.15, 0.2) is 54.5 Å². The van der Waals surface area contributed by atoms with Crippen LogP contribution in [0.3, 0.4) is 0 Å². The molecule has 2 rings (SSSR count). The van der Waals surface area contributed by atoms with E-state index >= 15 is 0 Å².